The van der Waals surface area contributed by atoms with Crippen molar-refractivity contribution in [3.8, 4) is 0 Å². The fourth-order valence-corrected chi connectivity index (χ4v) is 3.28. The predicted octanol–water partition coefficient (Wildman–Crippen LogP) is 2.51. The first-order valence-electron chi connectivity index (χ1n) is 5.72. The molecule has 0 radical (unpaired) electrons. The summed E-state index contributed by atoms with van der Waals surface area (Å²) >= 11 is 5.61. The van der Waals surface area contributed by atoms with Crippen LogP contribution in [-0.2, 0) is 10.0 Å². The summed E-state index contributed by atoms with van der Waals surface area (Å²) in [5, 5.41) is -0.215. The van der Waals surface area contributed by atoms with Gasteiger partial charge in [0.05, 0.1) is 5.02 Å². The molecule has 1 rings (SSSR count). The molecule has 0 aliphatic heterocycles. The molecule has 0 aliphatic carbocycles. The van der Waals surface area contributed by atoms with Crippen LogP contribution in [0.4, 0.5) is 4.39 Å². The second-order valence-corrected chi connectivity index (χ2v) is 7.60. The molecule has 0 bridgehead atoms. The van der Waals surface area contributed by atoms with Crippen molar-refractivity contribution in [2.75, 3.05) is 20.1 Å². The molecular weight excluding hydrogens is 326 g/mol. The highest BCUT2D eigenvalue weighted by atomic mass is 35.5. The molecule has 0 heterocycles. The Kier molecular flexibility index (Phi) is 6.90. The number of nitrogens with two attached hydrogens (primary N) is 1. The van der Waals surface area contributed by atoms with Crippen molar-refractivity contribution >= 4 is 34.0 Å². The SMILES string of the molecule is CN(CC(C)(C)CN)S(=O)(=O)c1cccc(Cl)c1F.Cl. The Bertz CT molecular complexity index is 565. The van der Waals surface area contributed by atoms with E-state index in [-0.39, 0.29) is 24.0 Å². The topological polar surface area (TPSA) is 63.4 Å². The van der Waals surface area contributed by atoms with Crippen LogP contribution in [0.25, 0.3) is 0 Å². The molecule has 1 aromatic carbocycles. The van der Waals surface area contributed by atoms with Gasteiger partial charge in [0.25, 0.3) is 0 Å². The third-order valence-corrected chi connectivity index (χ3v) is 4.92. The van der Waals surface area contributed by atoms with Gasteiger partial charge in [-0.2, -0.15) is 0 Å². The lowest BCUT2D eigenvalue weighted by Gasteiger charge is -2.28. The van der Waals surface area contributed by atoms with Crippen LogP contribution in [0.3, 0.4) is 0 Å². The second kappa shape index (κ2) is 7.04. The molecule has 8 heteroatoms. The highest BCUT2D eigenvalue weighted by molar-refractivity contribution is 7.89. The van der Waals surface area contributed by atoms with Gasteiger partial charge in [-0.1, -0.05) is 31.5 Å². The summed E-state index contributed by atoms with van der Waals surface area (Å²) in [7, 11) is -2.52. The molecule has 2 N–H and O–H groups in total. The average molecular weight is 345 g/mol. The van der Waals surface area contributed by atoms with Crippen molar-refractivity contribution in [3.05, 3.63) is 29.0 Å². The fourth-order valence-electron chi connectivity index (χ4n) is 1.60. The van der Waals surface area contributed by atoms with Crippen molar-refractivity contribution in [1.82, 2.24) is 4.31 Å². The number of sulfonamides is 1. The smallest absolute Gasteiger partial charge is 0.245 e. The lowest BCUT2D eigenvalue weighted by molar-refractivity contribution is 0.291. The predicted molar refractivity (Wildman–Crippen MR) is 81.3 cm³/mol. The van der Waals surface area contributed by atoms with E-state index >= 15 is 0 Å². The van der Waals surface area contributed by atoms with Crippen LogP contribution in [0.2, 0.25) is 5.02 Å². The van der Waals surface area contributed by atoms with Crippen LogP contribution in [0, 0.1) is 11.2 Å². The normalized spacial score (nSPS) is 12.3. The molecule has 0 saturated carbocycles. The second-order valence-electron chi connectivity index (χ2n) is 5.18. The minimum Gasteiger partial charge on any atom is -0.330 e. The van der Waals surface area contributed by atoms with E-state index in [1.54, 1.807) is 0 Å². The van der Waals surface area contributed by atoms with Crippen molar-refractivity contribution in [1.29, 1.82) is 0 Å². The quantitative estimate of drug-likeness (QED) is 0.892. The van der Waals surface area contributed by atoms with Gasteiger partial charge in [-0.25, -0.2) is 17.1 Å². The Labute approximate surface area is 130 Å². The molecule has 0 fully saturated rings. The summed E-state index contributed by atoms with van der Waals surface area (Å²) in [4.78, 5) is -0.421. The zero-order valence-corrected chi connectivity index (χ0v) is 13.9. The summed E-state index contributed by atoms with van der Waals surface area (Å²) < 4.78 is 39.5. The van der Waals surface area contributed by atoms with E-state index in [2.05, 4.69) is 0 Å². The zero-order valence-electron chi connectivity index (χ0n) is 11.6. The minimum absolute atomic E-state index is 0. The van der Waals surface area contributed by atoms with Crippen LogP contribution in [-0.4, -0.2) is 32.9 Å². The Morgan fingerprint density at radius 2 is 1.95 bits per heavy atom. The van der Waals surface area contributed by atoms with E-state index in [0.717, 1.165) is 4.31 Å². The number of hydrogen-bond donors (Lipinski definition) is 1. The summed E-state index contributed by atoms with van der Waals surface area (Å²) in [6.45, 7) is 4.20. The summed E-state index contributed by atoms with van der Waals surface area (Å²) in [6.07, 6.45) is 0. The molecule has 0 spiro atoms. The van der Waals surface area contributed by atoms with Gasteiger partial charge in [0.15, 0.2) is 5.82 Å². The molecule has 0 atom stereocenters. The maximum atomic E-state index is 13.8. The molecular formula is C12H19Cl2FN2O2S. The van der Waals surface area contributed by atoms with E-state index in [1.165, 1.54) is 25.2 Å². The number of hydrogen-bond acceptors (Lipinski definition) is 3. The monoisotopic (exact) mass is 344 g/mol. The Hall–Kier alpha value is -0.400. The molecule has 0 unspecified atom stereocenters. The highest BCUT2D eigenvalue weighted by Gasteiger charge is 2.29. The summed E-state index contributed by atoms with van der Waals surface area (Å²) in [6, 6.07) is 3.91. The Morgan fingerprint density at radius 3 is 2.45 bits per heavy atom. The van der Waals surface area contributed by atoms with Crippen molar-refractivity contribution in [2.45, 2.75) is 18.7 Å². The van der Waals surface area contributed by atoms with Crippen LogP contribution in [0.1, 0.15) is 13.8 Å². The van der Waals surface area contributed by atoms with Crippen molar-refractivity contribution < 1.29 is 12.8 Å². The number of halogens is 3. The summed E-state index contributed by atoms with van der Waals surface area (Å²) in [5.74, 6) is -0.929. The van der Waals surface area contributed by atoms with Gasteiger partial charge in [0.1, 0.15) is 4.90 Å². The molecule has 0 aliphatic rings. The minimum atomic E-state index is -3.92. The van der Waals surface area contributed by atoms with E-state index in [9.17, 15) is 12.8 Å². The Balaban J connectivity index is 0.00000361. The first kappa shape index (κ1) is 19.6. The van der Waals surface area contributed by atoms with E-state index in [0.29, 0.717) is 6.54 Å². The first-order chi connectivity index (χ1) is 8.62. The number of benzene rings is 1. The van der Waals surface area contributed by atoms with Gasteiger partial charge >= 0.3 is 0 Å². The maximum absolute atomic E-state index is 13.8. The van der Waals surface area contributed by atoms with Gasteiger partial charge in [-0.05, 0) is 24.1 Å². The molecule has 4 nitrogen and oxygen atoms in total. The molecule has 0 amide bonds. The zero-order chi connectivity index (χ0) is 14.8. The van der Waals surface area contributed by atoms with Crippen molar-refractivity contribution in [3.63, 3.8) is 0 Å². The van der Waals surface area contributed by atoms with Gasteiger partial charge in [-0.3, -0.25) is 0 Å². The van der Waals surface area contributed by atoms with Crippen LogP contribution < -0.4 is 5.73 Å². The van der Waals surface area contributed by atoms with Crippen LogP contribution in [0.5, 0.6) is 0 Å². The lowest BCUT2D eigenvalue weighted by Crippen LogP contribution is -2.40. The van der Waals surface area contributed by atoms with Gasteiger partial charge < -0.3 is 5.73 Å². The standard InChI is InChI=1S/C12H18ClFN2O2S.ClH/c1-12(2,7-15)8-16(3)19(17,18)10-6-4-5-9(13)11(10)14;/h4-6H,7-8,15H2,1-3H3;1H. The molecule has 1 aromatic rings. The highest BCUT2D eigenvalue weighted by Crippen LogP contribution is 2.26. The number of nitrogens with zero attached hydrogens (tertiary/aromatic N) is 1. The van der Waals surface area contributed by atoms with Gasteiger partial charge in [0, 0.05) is 13.6 Å². The molecule has 20 heavy (non-hydrogen) atoms. The van der Waals surface area contributed by atoms with Gasteiger partial charge in [0.2, 0.25) is 10.0 Å². The molecule has 0 aromatic heterocycles. The van der Waals surface area contributed by atoms with Crippen molar-refractivity contribution in [2.24, 2.45) is 11.1 Å². The van der Waals surface area contributed by atoms with Crippen LogP contribution >= 0.6 is 24.0 Å². The lowest BCUT2D eigenvalue weighted by atomic mass is 9.94. The molecule has 116 valence electrons. The van der Waals surface area contributed by atoms with E-state index < -0.39 is 26.2 Å². The maximum Gasteiger partial charge on any atom is 0.245 e. The third-order valence-electron chi connectivity index (χ3n) is 2.81. The average Bonchev–Trinajstić information content (AvgIpc) is 2.31. The number of rotatable bonds is 5. The first-order valence-corrected chi connectivity index (χ1v) is 7.54. The van der Waals surface area contributed by atoms with Gasteiger partial charge in [-0.15, -0.1) is 12.4 Å². The third kappa shape index (κ3) is 4.30. The largest absolute Gasteiger partial charge is 0.330 e. The van der Waals surface area contributed by atoms with E-state index in [1.807, 2.05) is 13.8 Å². The Morgan fingerprint density at radius 1 is 1.40 bits per heavy atom. The molecule has 0 saturated heterocycles. The van der Waals surface area contributed by atoms with E-state index in [4.69, 9.17) is 17.3 Å². The summed E-state index contributed by atoms with van der Waals surface area (Å²) in [5.41, 5.74) is 5.18. The fraction of sp³-hybridized carbons (Fsp3) is 0.500. The van der Waals surface area contributed by atoms with Crippen LogP contribution in [0.15, 0.2) is 23.1 Å².